The number of carboxylic acid groups (broad SMARTS) is 1. The molecule has 0 aliphatic carbocycles. The van der Waals surface area contributed by atoms with Gasteiger partial charge in [-0.05, 0) is 71.0 Å². The molecule has 3 aliphatic heterocycles. The number of hydrogen-bond acceptors (Lipinski definition) is 7. The van der Waals surface area contributed by atoms with Crippen LogP contribution in [-0.4, -0.2) is 55.5 Å². The Kier molecular flexibility index (Phi) is 7.87. The highest BCUT2D eigenvalue weighted by Crippen LogP contribution is 2.50. The van der Waals surface area contributed by atoms with Crippen molar-refractivity contribution in [2.45, 2.75) is 45.1 Å². The number of aliphatic carboxylic acids is 1. The van der Waals surface area contributed by atoms with Crippen LogP contribution in [-0.2, 0) is 28.9 Å². The lowest BCUT2D eigenvalue weighted by atomic mass is 9.82. The van der Waals surface area contributed by atoms with Crippen LogP contribution < -0.4 is 24.3 Å². The molecule has 9 nitrogen and oxygen atoms in total. The van der Waals surface area contributed by atoms with Gasteiger partial charge >= 0.3 is 5.97 Å². The number of aryl methyl sites for hydroxylation is 2. The van der Waals surface area contributed by atoms with Gasteiger partial charge in [0, 0.05) is 30.6 Å². The molecule has 3 atom stereocenters. The van der Waals surface area contributed by atoms with Crippen molar-refractivity contribution in [3.05, 3.63) is 76.1 Å². The molecule has 1 fully saturated rings. The van der Waals surface area contributed by atoms with Crippen molar-refractivity contribution < 1.29 is 38.0 Å². The second kappa shape index (κ2) is 11.8. The zero-order valence-corrected chi connectivity index (χ0v) is 24.4. The number of carbonyl (C=O) groups is 2. The van der Waals surface area contributed by atoms with Crippen molar-refractivity contribution >= 4 is 17.6 Å². The molecule has 3 heterocycles. The van der Waals surface area contributed by atoms with Gasteiger partial charge in [-0.1, -0.05) is 26.0 Å². The van der Waals surface area contributed by atoms with E-state index in [0.29, 0.717) is 48.9 Å². The average molecular weight is 591 g/mol. The number of anilines is 1. The van der Waals surface area contributed by atoms with E-state index >= 15 is 0 Å². The number of rotatable bonds is 9. The fourth-order valence-electron chi connectivity index (χ4n) is 6.69. The lowest BCUT2D eigenvalue weighted by molar-refractivity contribution is -0.143. The minimum Gasteiger partial charge on any atom is -0.493 e. The number of nitrogens with one attached hydrogen (secondary N) is 1. The standard InChI is InChI=1S/C33H35FN2O7/c1-4-18-11-23(34)12-19(5-2)30(18)35-28(37)16-36-15-24(22-13-26(40-3)32-27(14-22)42-17-43-32)29(33(38)39)31(36)21-6-7-25-20(10-21)8-9-41-25/h6-7,10-14,24,29,31H,4-5,8-9,15-17H2,1-3H3,(H,35,37)(H,38,39)/t24-,29?,31+/m1/s1. The number of benzene rings is 3. The number of likely N-dealkylation sites (tertiary alicyclic amines) is 1. The van der Waals surface area contributed by atoms with Gasteiger partial charge in [0.05, 0.1) is 26.2 Å². The highest BCUT2D eigenvalue weighted by Gasteiger charge is 2.48. The van der Waals surface area contributed by atoms with E-state index in [9.17, 15) is 19.1 Å². The maximum Gasteiger partial charge on any atom is 0.309 e. The molecule has 226 valence electrons. The molecular formula is C33H35FN2O7. The predicted molar refractivity (Wildman–Crippen MR) is 157 cm³/mol. The molecule has 2 N–H and O–H groups in total. The van der Waals surface area contributed by atoms with Crippen molar-refractivity contribution in [1.82, 2.24) is 4.90 Å². The van der Waals surface area contributed by atoms with Crippen molar-refractivity contribution in [1.29, 1.82) is 0 Å². The van der Waals surface area contributed by atoms with Crippen molar-refractivity contribution in [2.24, 2.45) is 5.92 Å². The summed E-state index contributed by atoms with van der Waals surface area (Å²) >= 11 is 0. The van der Waals surface area contributed by atoms with Gasteiger partial charge in [0.1, 0.15) is 11.6 Å². The molecule has 3 aromatic carbocycles. The van der Waals surface area contributed by atoms with Gasteiger partial charge in [-0.3, -0.25) is 14.5 Å². The Morgan fingerprint density at radius 1 is 1.02 bits per heavy atom. The van der Waals surface area contributed by atoms with Crippen molar-refractivity contribution in [2.75, 3.05) is 38.9 Å². The van der Waals surface area contributed by atoms with Crippen LogP contribution in [0, 0.1) is 11.7 Å². The highest BCUT2D eigenvalue weighted by molar-refractivity contribution is 5.94. The Morgan fingerprint density at radius 3 is 2.49 bits per heavy atom. The van der Waals surface area contributed by atoms with Crippen LogP contribution in [0.25, 0.3) is 0 Å². The van der Waals surface area contributed by atoms with Crippen LogP contribution in [0.2, 0.25) is 0 Å². The summed E-state index contributed by atoms with van der Waals surface area (Å²) in [6.07, 6.45) is 1.85. The lowest BCUT2D eigenvalue weighted by Crippen LogP contribution is -2.35. The lowest BCUT2D eigenvalue weighted by Gasteiger charge is -2.27. The van der Waals surface area contributed by atoms with E-state index in [0.717, 1.165) is 40.0 Å². The Morgan fingerprint density at radius 2 is 1.79 bits per heavy atom. The van der Waals surface area contributed by atoms with Crippen molar-refractivity contribution in [3.8, 4) is 23.0 Å². The maximum atomic E-state index is 14.2. The van der Waals surface area contributed by atoms with Gasteiger partial charge in [0.25, 0.3) is 0 Å². The van der Waals surface area contributed by atoms with Gasteiger partial charge in [-0.25, -0.2) is 4.39 Å². The van der Waals surface area contributed by atoms with E-state index in [1.165, 1.54) is 19.2 Å². The Bertz CT molecular complexity index is 1550. The number of hydrogen-bond donors (Lipinski definition) is 2. The minimum atomic E-state index is -0.966. The summed E-state index contributed by atoms with van der Waals surface area (Å²) in [6, 6.07) is 11.7. The number of halogens is 1. The largest absolute Gasteiger partial charge is 0.493 e. The molecule has 43 heavy (non-hydrogen) atoms. The van der Waals surface area contributed by atoms with E-state index in [4.69, 9.17) is 18.9 Å². The molecule has 3 aliphatic rings. The molecule has 1 unspecified atom stereocenters. The number of ether oxygens (including phenoxy) is 4. The summed E-state index contributed by atoms with van der Waals surface area (Å²) < 4.78 is 36.7. The van der Waals surface area contributed by atoms with E-state index < -0.39 is 23.8 Å². The Hall–Kier alpha value is -4.31. The zero-order valence-electron chi connectivity index (χ0n) is 24.4. The van der Waals surface area contributed by atoms with Gasteiger partial charge in [-0.15, -0.1) is 0 Å². The fraction of sp³-hybridized carbons (Fsp3) is 0.394. The molecule has 1 saturated heterocycles. The van der Waals surface area contributed by atoms with Gasteiger partial charge in [0.15, 0.2) is 11.5 Å². The molecule has 0 saturated carbocycles. The summed E-state index contributed by atoms with van der Waals surface area (Å²) in [6.45, 7) is 4.71. The minimum absolute atomic E-state index is 0.0517. The number of amides is 1. The van der Waals surface area contributed by atoms with Gasteiger partial charge in [-0.2, -0.15) is 0 Å². The molecule has 6 rings (SSSR count). The zero-order chi connectivity index (χ0) is 30.2. The summed E-state index contributed by atoms with van der Waals surface area (Å²) in [5.41, 5.74) is 4.61. The summed E-state index contributed by atoms with van der Waals surface area (Å²) in [4.78, 5) is 28.6. The maximum absolute atomic E-state index is 14.2. The predicted octanol–water partition coefficient (Wildman–Crippen LogP) is 5.10. The number of carbonyl (C=O) groups excluding carboxylic acids is 1. The molecule has 3 aromatic rings. The average Bonchev–Trinajstić information content (AvgIpc) is 3.75. The third kappa shape index (κ3) is 5.35. The smallest absolute Gasteiger partial charge is 0.309 e. The van der Waals surface area contributed by atoms with E-state index in [1.807, 2.05) is 43.0 Å². The first kappa shape index (κ1) is 28.8. The van der Waals surface area contributed by atoms with Crippen LogP contribution in [0.5, 0.6) is 23.0 Å². The summed E-state index contributed by atoms with van der Waals surface area (Å²) in [7, 11) is 1.53. The molecule has 1 amide bonds. The van der Waals surface area contributed by atoms with Gasteiger partial charge in [0.2, 0.25) is 18.4 Å². The SMILES string of the molecule is CCc1cc(F)cc(CC)c1NC(=O)CN1C[C@H](c2cc(OC)c3c(c2)OCO3)C(C(=O)O)[C@@H]1c1ccc2c(c1)CCO2. The number of nitrogens with zero attached hydrogens (tertiary/aromatic N) is 1. The molecule has 0 spiro atoms. The van der Waals surface area contributed by atoms with E-state index in [-0.39, 0.29) is 25.1 Å². The van der Waals surface area contributed by atoms with Crippen LogP contribution in [0.3, 0.4) is 0 Å². The first-order valence-corrected chi connectivity index (χ1v) is 14.6. The molecule has 0 aromatic heterocycles. The highest BCUT2D eigenvalue weighted by atomic mass is 19.1. The summed E-state index contributed by atoms with van der Waals surface area (Å²) in [5, 5.41) is 13.7. The quantitative estimate of drug-likeness (QED) is 0.355. The number of carboxylic acids is 1. The molecule has 0 bridgehead atoms. The molecule has 10 heteroatoms. The van der Waals surface area contributed by atoms with Crippen LogP contribution in [0.4, 0.5) is 10.1 Å². The first-order chi connectivity index (χ1) is 20.8. The fourth-order valence-corrected chi connectivity index (χ4v) is 6.69. The number of fused-ring (bicyclic) bond motifs is 2. The third-order valence-corrected chi connectivity index (χ3v) is 8.69. The Balaban J connectivity index is 1.38. The van der Waals surface area contributed by atoms with Gasteiger partial charge < -0.3 is 29.4 Å². The Labute approximate surface area is 249 Å². The van der Waals surface area contributed by atoms with Crippen LogP contribution in [0.15, 0.2) is 42.5 Å². The second-order valence-corrected chi connectivity index (χ2v) is 11.1. The van der Waals surface area contributed by atoms with E-state index in [1.54, 1.807) is 6.07 Å². The normalized spacial score (nSPS) is 20.5. The number of methoxy groups -OCH3 is 1. The third-order valence-electron chi connectivity index (χ3n) is 8.69. The summed E-state index contributed by atoms with van der Waals surface area (Å²) in [5.74, 6) is -0.703. The topological polar surface area (TPSA) is 107 Å². The monoisotopic (exact) mass is 590 g/mol. The molecular weight excluding hydrogens is 555 g/mol. The van der Waals surface area contributed by atoms with E-state index in [2.05, 4.69) is 5.32 Å². The van der Waals surface area contributed by atoms with Crippen LogP contribution in [0.1, 0.15) is 53.6 Å². The van der Waals surface area contributed by atoms with Crippen LogP contribution >= 0.6 is 0 Å². The molecule has 0 radical (unpaired) electrons. The first-order valence-electron chi connectivity index (χ1n) is 14.6. The van der Waals surface area contributed by atoms with Crippen molar-refractivity contribution in [3.63, 3.8) is 0 Å². The second-order valence-electron chi connectivity index (χ2n) is 11.1.